The van der Waals surface area contributed by atoms with E-state index < -0.39 is 0 Å². The summed E-state index contributed by atoms with van der Waals surface area (Å²) in [5.41, 5.74) is 2.37. The SMILES string of the molecule is Cn1cc(C2=CC(O)CCC2)cn1. The van der Waals surface area contributed by atoms with Crippen molar-refractivity contribution in [3.63, 3.8) is 0 Å². The van der Waals surface area contributed by atoms with E-state index in [4.69, 9.17) is 0 Å². The number of allylic oxidation sites excluding steroid dienone is 1. The van der Waals surface area contributed by atoms with Gasteiger partial charge in [-0.25, -0.2) is 0 Å². The molecule has 0 fully saturated rings. The van der Waals surface area contributed by atoms with Crippen LogP contribution in [0.2, 0.25) is 0 Å². The topological polar surface area (TPSA) is 38.0 Å². The number of nitrogens with zero attached hydrogens (tertiary/aromatic N) is 2. The highest BCUT2D eigenvalue weighted by molar-refractivity contribution is 5.65. The van der Waals surface area contributed by atoms with Gasteiger partial charge in [0.15, 0.2) is 0 Å². The van der Waals surface area contributed by atoms with Crippen molar-refractivity contribution >= 4 is 5.57 Å². The van der Waals surface area contributed by atoms with E-state index in [-0.39, 0.29) is 6.10 Å². The quantitative estimate of drug-likeness (QED) is 0.705. The highest BCUT2D eigenvalue weighted by Crippen LogP contribution is 2.26. The lowest BCUT2D eigenvalue weighted by Gasteiger charge is -2.15. The third kappa shape index (κ3) is 1.80. The van der Waals surface area contributed by atoms with E-state index in [0.29, 0.717) is 0 Å². The largest absolute Gasteiger partial charge is 0.389 e. The van der Waals surface area contributed by atoms with Gasteiger partial charge in [0.2, 0.25) is 0 Å². The van der Waals surface area contributed by atoms with Crippen molar-refractivity contribution in [3.05, 3.63) is 24.0 Å². The molecule has 0 spiro atoms. The highest BCUT2D eigenvalue weighted by Gasteiger charge is 2.12. The summed E-state index contributed by atoms with van der Waals surface area (Å²) in [6.07, 6.45) is 8.55. The monoisotopic (exact) mass is 178 g/mol. The summed E-state index contributed by atoms with van der Waals surface area (Å²) in [7, 11) is 1.91. The Morgan fingerprint density at radius 2 is 2.46 bits per heavy atom. The van der Waals surface area contributed by atoms with Crippen LogP contribution in [0.25, 0.3) is 5.57 Å². The van der Waals surface area contributed by atoms with E-state index in [2.05, 4.69) is 5.10 Å². The zero-order valence-corrected chi connectivity index (χ0v) is 7.77. The van der Waals surface area contributed by atoms with Gasteiger partial charge in [-0.3, -0.25) is 4.68 Å². The van der Waals surface area contributed by atoms with Crippen LogP contribution in [0.4, 0.5) is 0 Å². The molecular formula is C10H14N2O. The van der Waals surface area contributed by atoms with Crippen LogP contribution >= 0.6 is 0 Å². The lowest BCUT2D eigenvalue weighted by Crippen LogP contribution is -2.08. The molecule has 1 aliphatic rings. The van der Waals surface area contributed by atoms with Gasteiger partial charge in [0.05, 0.1) is 12.3 Å². The summed E-state index contributed by atoms with van der Waals surface area (Å²) in [6, 6.07) is 0. The van der Waals surface area contributed by atoms with Gasteiger partial charge in [-0.1, -0.05) is 6.08 Å². The standard InChI is InChI=1S/C10H14N2O/c1-12-7-9(6-11-12)8-3-2-4-10(13)5-8/h5-7,10,13H,2-4H2,1H3. The van der Waals surface area contributed by atoms with Crippen LogP contribution in [0.15, 0.2) is 18.5 Å². The van der Waals surface area contributed by atoms with Gasteiger partial charge >= 0.3 is 0 Å². The van der Waals surface area contributed by atoms with Crippen LogP contribution in [0.3, 0.4) is 0 Å². The summed E-state index contributed by atoms with van der Waals surface area (Å²) in [5, 5.41) is 13.6. The first-order valence-corrected chi connectivity index (χ1v) is 4.63. The molecule has 1 aliphatic carbocycles. The minimum Gasteiger partial charge on any atom is -0.389 e. The molecule has 2 rings (SSSR count). The maximum Gasteiger partial charge on any atom is 0.0726 e. The second kappa shape index (κ2) is 3.34. The molecule has 3 nitrogen and oxygen atoms in total. The smallest absolute Gasteiger partial charge is 0.0726 e. The number of aliphatic hydroxyl groups is 1. The number of hydrogen-bond donors (Lipinski definition) is 1. The zero-order chi connectivity index (χ0) is 9.26. The summed E-state index contributed by atoms with van der Waals surface area (Å²) in [6.45, 7) is 0. The Hall–Kier alpha value is -1.09. The first-order chi connectivity index (χ1) is 6.25. The van der Waals surface area contributed by atoms with Crippen molar-refractivity contribution in [2.24, 2.45) is 7.05 Å². The van der Waals surface area contributed by atoms with Gasteiger partial charge in [0.25, 0.3) is 0 Å². The molecule has 1 unspecified atom stereocenters. The molecule has 3 heteroatoms. The number of rotatable bonds is 1. The van der Waals surface area contributed by atoms with Crippen LogP contribution in [0.5, 0.6) is 0 Å². The molecule has 0 saturated carbocycles. The number of hydrogen-bond acceptors (Lipinski definition) is 2. The fourth-order valence-electron chi connectivity index (χ4n) is 1.73. The molecule has 0 saturated heterocycles. The Bertz CT molecular complexity index is 327. The predicted molar refractivity (Wildman–Crippen MR) is 51.0 cm³/mol. The molecule has 0 bridgehead atoms. The molecule has 1 aromatic rings. The van der Waals surface area contributed by atoms with Crippen LogP contribution in [-0.2, 0) is 7.05 Å². The van der Waals surface area contributed by atoms with Crippen molar-refractivity contribution in [3.8, 4) is 0 Å². The normalized spacial score (nSPS) is 22.9. The van der Waals surface area contributed by atoms with Crippen molar-refractivity contribution in [2.75, 3.05) is 0 Å². The fourth-order valence-corrected chi connectivity index (χ4v) is 1.73. The Labute approximate surface area is 77.7 Å². The molecule has 70 valence electrons. The van der Waals surface area contributed by atoms with Gasteiger partial charge in [0, 0.05) is 18.8 Å². The molecule has 1 atom stereocenters. The van der Waals surface area contributed by atoms with Gasteiger partial charge in [-0.05, 0) is 24.8 Å². The molecule has 1 heterocycles. The molecule has 0 amide bonds. The highest BCUT2D eigenvalue weighted by atomic mass is 16.3. The van der Waals surface area contributed by atoms with Crippen molar-refractivity contribution < 1.29 is 5.11 Å². The lowest BCUT2D eigenvalue weighted by atomic mass is 9.94. The van der Waals surface area contributed by atoms with Gasteiger partial charge in [-0.15, -0.1) is 0 Å². The summed E-state index contributed by atoms with van der Waals surface area (Å²) in [4.78, 5) is 0. The predicted octanol–water partition coefficient (Wildman–Crippen LogP) is 1.35. The average Bonchev–Trinajstić information content (AvgIpc) is 2.52. The van der Waals surface area contributed by atoms with E-state index >= 15 is 0 Å². The minimum absolute atomic E-state index is 0.260. The molecule has 1 aromatic heterocycles. The summed E-state index contributed by atoms with van der Waals surface area (Å²) >= 11 is 0. The molecule has 0 aromatic carbocycles. The van der Waals surface area contributed by atoms with E-state index in [0.717, 1.165) is 24.8 Å². The van der Waals surface area contributed by atoms with Crippen molar-refractivity contribution in [1.82, 2.24) is 9.78 Å². The Balaban J connectivity index is 2.25. The Morgan fingerprint density at radius 3 is 3.08 bits per heavy atom. The third-order valence-electron chi connectivity index (χ3n) is 2.42. The van der Waals surface area contributed by atoms with Crippen molar-refractivity contribution in [1.29, 1.82) is 0 Å². The van der Waals surface area contributed by atoms with E-state index in [1.165, 1.54) is 5.57 Å². The Morgan fingerprint density at radius 1 is 1.62 bits per heavy atom. The van der Waals surface area contributed by atoms with Gasteiger partial charge in [-0.2, -0.15) is 5.10 Å². The van der Waals surface area contributed by atoms with Crippen LogP contribution in [-0.4, -0.2) is 21.0 Å². The molecule has 0 aliphatic heterocycles. The fraction of sp³-hybridized carbons (Fsp3) is 0.500. The number of aryl methyl sites for hydroxylation is 1. The second-order valence-electron chi connectivity index (χ2n) is 3.55. The van der Waals surface area contributed by atoms with Crippen LogP contribution < -0.4 is 0 Å². The Kier molecular flexibility index (Phi) is 2.19. The number of aromatic nitrogens is 2. The minimum atomic E-state index is -0.260. The first-order valence-electron chi connectivity index (χ1n) is 4.63. The van der Waals surface area contributed by atoms with Crippen LogP contribution in [0, 0.1) is 0 Å². The molecular weight excluding hydrogens is 164 g/mol. The van der Waals surface area contributed by atoms with E-state index in [1.807, 2.05) is 25.5 Å². The molecule has 13 heavy (non-hydrogen) atoms. The lowest BCUT2D eigenvalue weighted by molar-refractivity contribution is 0.206. The average molecular weight is 178 g/mol. The zero-order valence-electron chi connectivity index (χ0n) is 7.77. The van der Waals surface area contributed by atoms with E-state index in [9.17, 15) is 5.11 Å². The van der Waals surface area contributed by atoms with Gasteiger partial charge < -0.3 is 5.11 Å². The second-order valence-corrected chi connectivity index (χ2v) is 3.55. The third-order valence-corrected chi connectivity index (χ3v) is 2.42. The summed E-state index contributed by atoms with van der Waals surface area (Å²) < 4.78 is 1.79. The number of aliphatic hydroxyl groups excluding tert-OH is 1. The van der Waals surface area contributed by atoms with Crippen molar-refractivity contribution in [2.45, 2.75) is 25.4 Å². The van der Waals surface area contributed by atoms with E-state index in [1.54, 1.807) is 4.68 Å². The van der Waals surface area contributed by atoms with Crippen LogP contribution in [0.1, 0.15) is 24.8 Å². The first kappa shape index (κ1) is 8.51. The molecule has 1 N–H and O–H groups in total. The maximum atomic E-state index is 9.44. The van der Waals surface area contributed by atoms with Gasteiger partial charge in [0.1, 0.15) is 0 Å². The molecule has 0 radical (unpaired) electrons. The maximum absolute atomic E-state index is 9.44. The summed E-state index contributed by atoms with van der Waals surface area (Å²) in [5.74, 6) is 0.